The van der Waals surface area contributed by atoms with Gasteiger partial charge in [-0.3, -0.25) is 0 Å². The summed E-state index contributed by atoms with van der Waals surface area (Å²) >= 11 is 15.6. The molecule has 0 heterocycles. The molecule has 0 aliphatic rings. The average Bonchev–Trinajstić information content (AvgIpc) is 2.42. The summed E-state index contributed by atoms with van der Waals surface area (Å²) in [5, 5.41) is 4.29. The topological polar surface area (TPSA) is 12.0 Å². The molecule has 0 saturated heterocycles. The molecule has 0 radical (unpaired) electrons. The van der Waals surface area contributed by atoms with Crippen LogP contribution in [0, 0.1) is 5.82 Å². The number of nitrogens with one attached hydrogen (secondary N) is 1. The summed E-state index contributed by atoms with van der Waals surface area (Å²) in [6, 6.07) is 10.4. The second kappa shape index (κ2) is 6.90. The largest absolute Gasteiger partial charge is 0.313 e. The van der Waals surface area contributed by atoms with E-state index in [0.717, 1.165) is 5.56 Å². The van der Waals surface area contributed by atoms with Crippen LogP contribution < -0.4 is 5.32 Å². The predicted octanol–water partition coefficient (Wildman–Crippen LogP) is 5.40. The van der Waals surface area contributed by atoms with Crippen LogP contribution in [0.1, 0.15) is 17.2 Å². The zero-order chi connectivity index (χ0) is 14.7. The van der Waals surface area contributed by atoms with Crippen molar-refractivity contribution >= 4 is 39.1 Å². The van der Waals surface area contributed by atoms with E-state index in [1.165, 1.54) is 0 Å². The van der Waals surface area contributed by atoms with Crippen LogP contribution in [-0.4, -0.2) is 7.05 Å². The third kappa shape index (κ3) is 3.34. The highest BCUT2D eigenvalue weighted by molar-refractivity contribution is 9.10. The molecule has 1 nitrogen and oxygen atoms in total. The molecule has 0 aliphatic carbocycles. The molecule has 0 fully saturated rings. The van der Waals surface area contributed by atoms with Crippen molar-refractivity contribution in [3.05, 3.63) is 67.9 Å². The molecule has 0 amide bonds. The number of hydrogen-bond donors (Lipinski definition) is 1. The lowest BCUT2D eigenvalue weighted by Gasteiger charge is -2.19. The lowest BCUT2D eigenvalue weighted by atomic mass is 9.98. The van der Waals surface area contributed by atoms with E-state index in [4.69, 9.17) is 23.2 Å². The van der Waals surface area contributed by atoms with Gasteiger partial charge in [0, 0.05) is 21.7 Å². The molecule has 106 valence electrons. The maximum Gasteiger partial charge on any atom is 0.142 e. The first-order chi connectivity index (χ1) is 9.54. The number of halogens is 4. The van der Waals surface area contributed by atoms with Gasteiger partial charge >= 0.3 is 0 Å². The van der Waals surface area contributed by atoms with Crippen LogP contribution in [0.5, 0.6) is 0 Å². The van der Waals surface area contributed by atoms with Crippen molar-refractivity contribution in [3.8, 4) is 0 Å². The Morgan fingerprint density at radius 3 is 2.35 bits per heavy atom. The molecule has 0 aliphatic heterocycles. The standard InChI is InChI=1S/C15H13BrCl2FN/c1-20-14(9-4-2-5-11(16)15(9)19)8-10-12(17)6-3-7-13(10)18/h2-7,14,20H,8H2,1H3. The minimum absolute atomic E-state index is 0.204. The minimum atomic E-state index is -0.268. The van der Waals surface area contributed by atoms with Crippen molar-refractivity contribution in [2.24, 2.45) is 0 Å². The van der Waals surface area contributed by atoms with Crippen LogP contribution >= 0.6 is 39.1 Å². The van der Waals surface area contributed by atoms with Gasteiger partial charge in [-0.15, -0.1) is 0 Å². The third-order valence-corrected chi connectivity index (χ3v) is 4.50. The summed E-state index contributed by atoms with van der Waals surface area (Å²) in [5.74, 6) is -0.268. The second-order valence-electron chi connectivity index (χ2n) is 4.39. The first-order valence-electron chi connectivity index (χ1n) is 6.08. The van der Waals surface area contributed by atoms with E-state index in [2.05, 4.69) is 21.2 Å². The van der Waals surface area contributed by atoms with Crippen molar-refractivity contribution in [1.82, 2.24) is 5.32 Å². The van der Waals surface area contributed by atoms with E-state index in [1.807, 2.05) is 0 Å². The van der Waals surface area contributed by atoms with E-state index in [-0.39, 0.29) is 11.9 Å². The zero-order valence-corrected chi connectivity index (χ0v) is 13.9. The van der Waals surface area contributed by atoms with E-state index < -0.39 is 0 Å². The summed E-state index contributed by atoms with van der Waals surface area (Å²) in [5.41, 5.74) is 1.40. The van der Waals surface area contributed by atoms with Crippen molar-refractivity contribution in [3.63, 3.8) is 0 Å². The van der Waals surface area contributed by atoms with E-state index in [9.17, 15) is 4.39 Å². The van der Waals surface area contributed by atoms with Gasteiger partial charge in [-0.2, -0.15) is 0 Å². The van der Waals surface area contributed by atoms with Gasteiger partial charge < -0.3 is 5.32 Å². The van der Waals surface area contributed by atoms with E-state index in [0.29, 0.717) is 26.5 Å². The first kappa shape index (κ1) is 15.8. The molecule has 1 N–H and O–H groups in total. The van der Waals surface area contributed by atoms with Crippen LogP contribution in [0.15, 0.2) is 40.9 Å². The Labute approximate surface area is 136 Å². The van der Waals surface area contributed by atoms with E-state index >= 15 is 0 Å². The molecule has 1 unspecified atom stereocenters. The Hall–Kier alpha value is -0.610. The molecule has 2 rings (SSSR count). The SMILES string of the molecule is CNC(Cc1c(Cl)cccc1Cl)c1cccc(Br)c1F. The Morgan fingerprint density at radius 1 is 1.15 bits per heavy atom. The molecular weight excluding hydrogens is 364 g/mol. The molecule has 0 bridgehead atoms. The van der Waals surface area contributed by atoms with Crippen LogP contribution in [0.25, 0.3) is 0 Å². The summed E-state index contributed by atoms with van der Waals surface area (Å²) in [6.07, 6.45) is 0.516. The third-order valence-electron chi connectivity index (χ3n) is 3.18. The van der Waals surface area contributed by atoms with Crippen LogP contribution in [0.3, 0.4) is 0 Å². The quantitative estimate of drug-likeness (QED) is 0.753. The summed E-state index contributed by atoms with van der Waals surface area (Å²) in [7, 11) is 1.79. The molecule has 2 aromatic rings. The molecule has 0 spiro atoms. The molecule has 2 aromatic carbocycles. The van der Waals surface area contributed by atoms with Gasteiger partial charge in [-0.25, -0.2) is 4.39 Å². The second-order valence-corrected chi connectivity index (χ2v) is 6.06. The fraction of sp³-hybridized carbons (Fsp3) is 0.200. The molecule has 1 atom stereocenters. The first-order valence-corrected chi connectivity index (χ1v) is 7.63. The Bertz CT molecular complexity index is 599. The Morgan fingerprint density at radius 2 is 1.75 bits per heavy atom. The van der Waals surface area contributed by atoms with Crippen molar-refractivity contribution in [2.75, 3.05) is 7.05 Å². The van der Waals surface area contributed by atoms with Gasteiger partial charge in [-0.05, 0) is 53.2 Å². The van der Waals surface area contributed by atoms with Gasteiger partial charge in [0.05, 0.1) is 4.47 Å². The molecule has 0 aromatic heterocycles. The van der Waals surface area contributed by atoms with Gasteiger partial charge in [-0.1, -0.05) is 41.4 Å². The highest BCUT2D eigenvalue weighted by atomic mass is 79.9. The number of rotatable bonds is 4. The minimum Gasteiger partial charge on any atom is -0.313 e. The van der Waals surface area contributed by atoms with Gasteiger partial charge in [0.2, 0.25) is 0 Å². The van der Waals surface area contributed by atoms with E-state index in [1.54, 1.807) is 43.4 Å². The van der Waals surface area contributed by atoms with Gasteiger partial charge in [0.25, 0.3) is 0 Å². The average molecular weight is 377 g/mol. The van der Waals surface area contributed by atoms with Crippen molar-refractivity contribution in [2.45, 2.75) is 12.5 Å². The molecule has 20 heavy (non-hydrogen) atoms. The number of likely N-dealkylation sites (N-methyl/N-ethyl adjacent to an activating group) is 1. The fourth-order valence-corrected chi connectivity index (χ4v) is 3.02. The maximum atomic E-state index is 14.2. The fourth-order valence-electron chi connectivity index (χ4n) is 2.09. The Kier molecular flexibility index (Phi) is 5.44. The molecule has 5 heteroatoms. The van der Waals surface area contributed by atoms with Crippen molar-refractivity contribution in [1.29, 1.82) is 0 Å². The summed E-state index contributed by atoms with van der Waals surface area (Å²) < 4.78 is 14.6. The van der Waals surface area contributed by atoms with Crippen molar-refractivity contribution < 1.29 is 4.39 Å². The number of hydrogen-bond acceptors (Lipinski definition) is 1. The normalized spacial score (nSPS) is 12.4. The van der Waals surface area contributed by atoms with Crippen LogP contribution in [0.2, 0.25) is 10.0 Å². The predicted molar refractivity (Wildman–Crippen MR) is 86.1 cm³/mol. The summed E-state index contributed by atoms with van der Waals surface area (Å²) in [6.45, 7) is 0. The highest BCUT2D eigenvalue weighted by Crippen LogP contribution is 2.31. The van der Waals surface area contributed by atoms with Crippen LogP contribution in [0.4, 0.5) is 4.39 Å². The zero-order valence-electron chi connectivity index (χ0n) is 10.8. The lowest BCUT2D eigenvalue weighted by Crippen LogP contribution is -2.20. The molecule has 0 saturated carbocycles. The lowest BCUT2D eigenvalue weighted by molar-refractivity contribution is 0.531. The summed E-state index contributed by atoms with van der Waals surface area (Å²) in [4.78, 5) is 0. The number of benzene rings is 2. The van der Waals surface area contributed by atoms with Gasteiger partial charge in [0.15, 0.2) is 0 Å². The highest BCUT2D eigenvalue weighted by Gasteiger charge is 2.18. The smallest absolute Gasteiger partial charge is 0.142 e. The van der Waals surface area contributed by atoms with Crippen LogP contribution in [-0.2, 0) is 6.42 Å². The molecular formula is C15H13BrCl2FN. The maximum absolute atomic E-state index is 14.2. The Balaban J connectivity index is 2.37. The monoisotopic (exact) mass is 375 g/mol. The van der Waals surface area contributed by atoms with Gasteiger partial charge in [0.1, 0.15) is 5.82 Å².